The molecule has 7 nitrogen and oxygen atoms in total. The smallest absolute Gasteiger partial charge is 0.343 e. The number of nitrogens with zero attached hydrogens (tertiary/aromatic N) is 1. The van der Waals surface area contributed by atoms with E-state index in [1.165, 1.54) is 12.5 Å². The van der Waals surface area contributed by atoms with E-state index < -0.39 is 11.9 Å². The monoisotopic (exact) mass is 532 g/mol. The molecule has 1 unspecified atom stereocenters. The van der Waals surface area contributed by atoms with Gasteiger partial charge < -0.3 is 24.7 Å². The molecule has 8 heteroatoms. The van der Waals surface area contributed by atoms with Gasteiger partial charge >= 0.3 is 5.97 Å². The van der Waals surface area contributed by atoms with Crippen LogP contribution in [-0.4, -0.2) is 19.7 Å². The maximum atomic E-state index is 12.6. The number of hydrogen-bond donors (Lipinski definition) is 1. The fourth-order valence-electron chi connectivity index (χ4n) is 4.32. The minimum Gasteiger partial charge on any atom is -0.493 e. The molecule has 1 aliphatic rings. The van der Waals surface area contributed by atoms with Crippen LogP contribution in [0.25, 0.3) is 0 Å². The largest absolute Gasteiger partial charge is 0.493 e. The van der Waals surface area contributed by atoms with Crippen LogP contribution in [0.4, 0.5) is 0 Å². The minimum atomic E-state index is -0.559. The molecular formula is C30H29ClN2O5. The van der Waals surface area contributed by atoms with Crippen molar-refractivity contribution in [3.63, 3.8) is 0 Å². The number of unbranched alkanes of at least 4 members (excludes halogenated alkanes) is 3. The minimum absolute atomic E-state index is 0.0152. The van der Waals surface area contributed by atoms with Gasteiger partial charge in [0.1, 0.15) is 23.1 Å². The van der Waals surface area contributed by atoms with Crippen molar-refractivity contribution in [3.8, 4) is 29.1 Å². The number of fused-ring (bicyclic) bond motifs is 1. The highest BCUT2D eigenvalue weighted by atomic mass is 35.5. The molecule has 0 radical (unpaired) electrons. The molecule has 0 aromatic heterocycles. The van der Waals surface area contributed by atoms with Crippen LogP contribution in [0.5, 0.6) is 23.0 Å². The highest BCUT2D eigenvalue weighted by Crippen LogP contribution is 2.45. The molecule has 3 aromatic carbocycles. The average Bonchev–Trinajstić information content (AvgIpc) is 2.92. The second-order valence-electron chi connectivity index (χ2n) is 8.84. The third-order valence-electron chi connectivity index (χ3n) is 6.24. The third-order valence-corrected chi connectivity index (χ3v) is 6.47. The first-order valence-electron chi connectivity index (χ1n) is 12.4. The van der Waals surface area contributed by atoms with Gasteiger partial charge in [-0.1, -0.05) is 56.0 Å². The summed E-state index contributed by atoms with van der Waals surface area (Å²) in [6.45, 7) is 2.77. The summed E-state index contributed by atoms with van der Waals surface area (Å²) in [5.41, 5.74) is 8.24. The Morgan fingerprint density at radius 2 is 1.92 bits per heavy atom. The summed E-state index contributed by atoms with van der Waals surface area (Å²) in [6.07, 6.45) is 4.42. The Balaban J connectivity index is 1.61. The zero-order valence-corrected chi connectivity index (χ0v) is 22.1. The van der Waals surface area contributed by atoms with Gasteiger partial charge in [0, 0.05) is 16.7 Å². The number of methoxy groups -OCH3 is 1. The van der Waals surface area contributed by atoms with Crippen molar-refractivity contribution in [3.05, 3.63) is 93.8 Å². The Bertz CT molecular complexity index is 1400. The highest BCUT2D eigenvalue weighted by Gasteiger charge is 2.32. The summed E-state index contributed by atoms with van der Waals surface area (Å²) in [6, 6.07) is 19.2. The summed E-state index contributed by atoms with van der Waals surface area (Å²) < 4.78 is 22.8. The summed E-state index contributed by atoms with van der Waals surface area (Å²) in [5.74, 6) is 0.777. The predicted octanol–water partition coefficient (Wildman–Crippen LogP) is 6.75. The number of hydrogen-bond acceptors (Lipinski definition) is 7. The number of benzene rings is 3. The van der Waals surface area contributed by atoms with Gasteiger partial charge in [-0.05, 0) is 48.4 Å². The second-order valence-corrected chi connectivity index (χ2v) is 9.28. The maximum Gasteiger partial charge on any atom is 0.343 e. The van der Waals surface area contributed by atoms with Crippen LogP contribution in [0.15, 0.2) is 72.1 Å². The van der Waals surface area contributed by atoms with Crippen LogP contribution in [0.3, 0.4) is 0 Å². The van der Waals surface area contributed by atoms with Gasteiger partial charge in [0.2, 0.25) is 5.88 Å². The van der Waals surface area contributed by atoms with Crippen molar-refractivity contribution in [1.82, 2.24) is 0 Å². The quantitative estimate of drug-likeness (QED) is 0.175. The Morgan fingerprint density at radius 3 is 2.66 bits per heavy atom. The molecule has 1 atom stereocenters. The Morgan fingerprint density at radius 1 is 1.08 bits per heavy atom. The second kappa shape index (κ2) is 12.4. The van der Waals surface area contributed by atoms with E-state index >= 15 is 0 Å². The Kier molecular flexibility index (Phi) is 8.77. The number of esters is 1. The van der Waals surface area contributed by atoms with Crippen LogP contribution < -0.4 is 24.7 Å². The molecule has 0 fully saturated rings. The van der Waals surface area contributed by atoms with Crippen molar-refractivity contribution in [2.45, 2.75) is 38.5 Å². The molecule has 4 rings (SSSR count). The number of carbonyl (C=O) groups is 1. The highest BCUT2D eigenvalue weighted by molar-refractivity contribution is 6.30. The van der Waals surface area contributed by atoms with Crippen LogP contribution in [0.1, 0.15) is 60.0 Å². The molecule has 3 aromatic rings. The number of nitriles is 1. The fourth-order valence-corrected chi connectivity index (χ4v) is 4.51. The number of halogens is 1. The number of ether oxygens (including phenoxy) is 4. The summed E-state index contributed by atoms with van der Waals surface area (Å²) in [7, 11) is 1.58. The number of rotatable bonds is 10. The molecule has 0 amide bonds. The number of nitrogens with two attached hydrogens (primary N) is 1. The van der Waals surface area contributed by atoms with Gasteiger partial charge in [-0.15, -0.1) is 0 Å². The number of allylic oxidation sites excluding steroid dienone is 1. The molecule has 0 saturated carbocycles. The Labute approximate surface area is 227 Å². The maximum absolute atomic E-state index is 12.6. The van der Waals surface area contributed by atoms with Gasteiger partial charge in [-0.25, -0.2) is 4.79 Å². The van der Waals surface area contributed by atoms with E-state index in [4.69, 9.17) is 36.3 Å². The summed E-state index contributed by atoms with van der Waals surface area (Å²) in [4.78, 5) is 12.6. The van der Waals surface area contributed by atoms with Crippen LogP contribution in [-0.2, 0) is 0 Å². The van der Waals surface area contributed by atoms with E-state index in [-0.39, 0.29) is 17.2 Å². The lowest BCUT2D eigenvalue weighted by atomic mass is 9.83. The summed E-state index contributed by atoms with van der Waals surface area (Å²) >= 11 is 5.99. The van der Waals surface area contributed by atoms with Crippen molar-refractivity contribution < 1.29 is 23.7 Å². The molecule has 1 heterocycles. The molecule has 0 spiro atoms. The van der Waals surface area contributed by atoms with Gasteiger partial charge in [0.05, 0.1) is 25.2 Å². The van der Waals surface area contributed by atoms with Crippen molar-refractivity contribution in [2.75, 3.05) is 13.7 Å². The van der Waals surface area contributed by atoms with Crippen molar-refractivity contribution in [2.24, 2.45) is 5.73 Å². The summed E-state index contributed by atoms with van der Waals surface area (Å²) in [5, 5.41) is 10.3. The lowest BCUT2D eigenvalue weighted by Gasteiger charge is -2.27. The lowest BCUT2D eigenvalue weighted by molar-refractivity contribution is 0.0734. The molecule has 0 bridgehead atoms. The van der Waals surface area contributed by atoms with Gasteiger partial charge in [-0.2, -0.15) is 5.26 Å². The zero-order chi connectivity index (χ0) is 27.1. The molecule has 1 aliphatic heterocycles. The predicted molar refractivity (Wildman–Crippen MR) is 145 cm³/mol. The molecule has 196 valence electrons. The van der Waals surface area contributed by atoms with E-state index in [9.17, 15) is 10.1 Å². The van der Waals surface area contributed by atoms with Crippen LogP contribution in [0.2, 0.25) is 5.02 Å². The topological polar surface area (TPSA) is 104 Å². The third kappa shape index (κ3) is 6.04. The van der Waals surface area contributed by atoms with E-state index in [0.717, 1.165) is 24.8 Å². The lowest BCUT2D eigenvalue weighted by Crippen LogP contribution is -2.21. The van der Waals surface area contributed by atoms with Gasteiger partial charge in [0.25, 0.3) is 0 Å². The molecule has 2 N–H and O–H groups in total. The van der Waals surface area contributed by atoms with E-state index in [2.05, 4.69) is 13.0 Å². The SMILES string of the molecule is CCCCCCOc1ccc(C2C(C#N)=C(N)Oc3cc(OC(=O)c4cccc(Cl)c4)ccc32)cc1OC. The molecular weight excluding hydrogens is 504 g/mol. The van der Waals surface area contributed by atoms with Gasteiger partial charge in [-0.3, -0.25) is 0 Å². The first kappa shape index (κ1) is 26.9. The van der Waals surface area contributed by atoms with E-state index in [1.54, 1.807) is 43.5 Å². The van der Waals surface area contributed by atoms with E-state index in [0.29, 0.717) is 40.0 Å². The fraction of sp³-hybridized carbons (Fsp3) is 0.267. The van der Waals surface area contributed by atoms with E-state index in [1.807, 2.05) is 18.2 Å². The first-order valence-corrected chi connectivity index (χ1v) is 12.8. The zero-order valence-electron chi connectivity index (χ0n) is 21.3. The first-order chi connectivity index (χ1) is 18.4. The van der Waals surface area contributed by atoms with Crippen LogP contribution in [0, 0.1) is 11.3 Å². The van der Waals surface area contributed by atoms with Crippen LogP contribution >= 0.6 is 11.6 Å². The molecule has 0 aliphatic carbocycles. The average molecular weight is 533 g/mol. The normalized spacial score (nSPS) is 14.2. The van der Waals surface area contributed by atoms with Crippen molar-refractivity contribution in [1.29, 1.82) is 5.26 Å². The molecule has 38 heavy (non-hydrogen) atoms. The van der Waals surface area contributed by atoms with Gasteiger partial charge in [0.15, 0.2) is 11.5 Å². The Hall–Kier alpha value is -4.15. The van der Waals surface area contributed by atoms with Crippen molar-refractivity contribution >= 4 is 17.6 Å². The standard InChI is InChI=1S/C30H29ClN2O5/c1-3-4-5-6-14-36-25-13-10-19(16-27(25)35-2)28-23-12-11-22(17-26(23)38-29(33)24(28)18-32)37-30(34)20-8-7-9-21(31)15-20/h7-13,15-17,28H,3-6,14,33H2,1-2H3. The molecule has 0 saturated heterocycles. The number of carbonyl (C=O) groups excluding carboxylic acids is 1.